The summed E-state index contributed by atoms with van der Waals surface area (Å²) in [6.45, 7) is 2.32. The molecular weight excluding hydrogens is 316 g/mol. The van der Waals surface area contributed by atoms with Gasteiger partial charge in [0.25, 0.3) is 0 Å². The lowest BCUT2D eigenvalue weighted by atomic mass is 10.2. The number of aromatic nitrogens is 1. The van der Waals surface area contributed by atoms with E-state index in [1.807, 2.05) is 31.2 Å². The van der Waals surface area contributed by atoms with Crippen LogP contribution in [0.15, 0.2) is 42.6 Å². The largest absolute Gasteiger partial charge is 0.497 e. The Hall–Kier alpha value is -2.27. The summed E-state index contributed by atoms with van der Waals surface area (Å²) in [7, 11) is 1.62. The van der Waals surface area contributed by atoms with Crippen molar-refractivity contribution < 1.29 is 14.3 Å². The minimum absolute atomic E-state index is 0.0840. The lowest BCUT2D eigenvalue weighted by molar-refractivity contribution is -0.120. The van der Waals surface area contributed by atoms with Crippen molar-refractivity contribution in [1.29, 1.82) is 0 Å². The maximum atomic E-state index is 11.9. The van der Waals surface area contributed by atoms with Crippen molar-refractivity contribution in [1.82, 2.24) is 10.3 Å². The van der Waals surface area contributed by atoms with E-state index < -0.39 is 0 Å². The number of carbonyl (C=O) groups excluding carboxylic acids is 1. The highest BCUT2D eigenvalue weighted by Crippen LogP contribution is 2.18. The fourth-order valence-corrected chi connectivity index (χ4v) is 2.06. The van der Waals surface area contributed by atoms with E-state index in [-0.39, 0.29) is 18.4 Å². The first-order valence-electron chi connectivity index (χ1n) is 7.24. The normalized spacial score (nSPS) is 11.6. The molecule has 0 saturated heterocycles. The molecule has 122 valence electrons. The molecule has 1 atom stereocenters. The quantitative estimate of drug-likeness (QED) is 0.791. The summed E-state index contributed by atoms with van der Waals surface area (Å²) in [6.07, 6.45) is 1.72. The van der Waals surface area contributed by atoms with Gasteiger partial charge in [-0.15, -0.1) is 0 Å². The Morgan fingerprint density at radius 3 is 2.52 bits per heavy atom. The van der Waals surface area contributed by atoms with Crippen LogP contribution in [0.3, 0.4) is 0 Å². The van der Waals surface area contributed by atoms with Crippen molar-refractivity contribution in [2.24, 2.45) is 0 Å². The summed E-state index contributed by atoms with van der Waals surface area (Å²) in [5.74, 6) is 1.42. The first-order valence-corrected chi connectivity index (χ1v) is 7.62. The molecule has 0 aliphatic carbocycles. The molecule has 2 rings (SSSR count). The van der Waals surface area contributed by atoms with Gasteiger partial charge in [-0.2, -0.15) is 0 Å². The fraction of sp³-hybridized carbons (Fsp3) is 0.294. The van der Waals surface area contributed by atoms with E-state index in [4.69, 9.17) is 21.1 Å². The molecule has 5 nitrogen and oxygen atoms in total. The van der Waals surface area contributed by atoms with Gasteiger partial charge in [0.05, 0.1) is 20.1 Å². The van der Waals surface area contributed by atoms with Crippen LogP contribution >= 0.6 is 11.6 Å². The summed E-state index contributed by atoms with van der Waals surface area (Å²) >= 11 is 5.71. The van der Waals surface area contributed by atoms with Gasteiger partial charge in [0.1, 0.15) is 22.8 Å². The van der Waals surface area contributed by atoms with Gasteiger partial charge >= 0.3 is 0 Å². The number of rotatable bonds is 7. The third-order valence-electron chi connectivity index (χ3n) is 3.14. The van der Waals surface area contributed by atoms with Crippen LogP contribution in [0.5, 0.6) is 11.5 Å². The van der Waals surface area contributed by atoms with E-state index in [9.17, 15) is 4.79 Å². The van der Waals surface area contributed by atoms with Gasteiger partial charge in [0.15, 0.2) is 0 Å². The summed E-state index contributed by atoms with van der Waals surface area (Å²) in [5.41, 5.74) is 0.815. The number of benzene rings is 1. The molecule has 0 radical (unpaired) electrons. The smallest absolute Gasteiger partial charge is 0.224 e. The summed E-state index contributed by atoms with van der Waals surface area (Å²) < 4.78 is 10.8. The number of pyridine rings is 1. The number of hydrogen-bond acceptors (Lipinski definition) is 4. The van der Waals surface area contributed by atoms with E-state index in [0.29, 0.717) is 11.7 Å². The Morgan fingerprint density at radius 2 is 1.91 bits per heavy atom. The zero-order valence-electron chi connectivity index (χ0n) is 13.1. The minimum atomic E-state index is -0.143. The molecule has 0 fully saturated rings. The fourth-order valence-electron chi connectivity index (χ4n) is 1.94. The highest BCUT2D eigenvalue weighted by molar-refractivity contribution is 6.29. The van der Waals surface area contributed by atoms with E-state index >= 15 is 0 Å². The van der Waals surface area contributed by atoms with Crippen molar-refractivity contribution in [3.8, 4) is 11.5 Å². The maximum absolute atomic E-state index is 11.9. The second-order valence-electron chi connectivity index (χ2n) is 5.07. The number of amides is 1. The number of ether oxygens (including phenoxy) is 2. The van der Waals surface area contributed by atoms with E-state index in [0.717, 1.165) is 17.1 Å². The monoisotopic (exact) mass is 334 g/mol. The Kier molecular flexibility index (Phi) is 6.23. The van der Waals surface area contributed by atoms with Crippen molar-refractivity contribution in [3.63, 3.8) is 0 Å². The third-order valence-corrected chi connectivity index (χ3v) is 3.36. The average Bonchev–Trinajstić information content (AvgIpc) is 2.56. The van der Waals surface area contributed by atoms with Gasteiger partial charge in [-0.1, -0.05) is 17.7 Å². The highest BCUT2D eigenvalue weighted by Gasteiger charge is 2.08. The number of carbonyl (C=O) groups is 1. The van der Waals surface area contributed by atoms with E-state index in [1.165, 1.54) is 0 Å². The molecule has 1 amide bonds. The first-order chi connectivity index (χ1) is 11.1. The minimum Gasteiger partial charge on any atom is -0.497 e. The van der Waals surface area contributed by atoms with Gasteiger partial charge in [-0.3, -0.25) is 4.79 Å². The summed E-state index contributed by atoms with van der Waals surface area (Å²) in [4.78, 5) is 15.8. The molecule has 0 unspecified atom stereocenters. The Bertz CT molecular complexity index is 629. The molecule has 1 heterocycles. The molecule has 1 N–H and O–H groups in total. The SMILES string of the molecule is COc1ccc(O[C@H](C)CNC(=O)Cc2ccc(Cl)nc2)cc1. The van der Waals surface area contributed by atoms with Crippen LogP contribution in [0.2, 0.25) is 5.15 Å². The predicted molar refractivity (Wildman–Crippen MR) is 89.0 cm³/mol. The Morgan fingerprint density at radius 1 is 1.22 bits per heavy atom. The zero-order valence-corrected chi connectivity index (χ0v) is 13.8. The van der Waals surface area contributed by atoms with Gasteiger partial charge in [-0.05, 0) is 42.8 Å². The molecule has 0 saturated carbocycles. The topological polar surface area (TPSA) is 60.5 Å². The standard InChI is InChI=1S/C17H19ClN2O3/c1-12(23-15-6-4-14(22-2)5-7-15)10-20-17(21)9-13-3-8-16(18)19-11-13/h3-8,11-12H,9-10H2,1-2H3,(H,20,21)/t12-/m1/s1. The number of hydrogen-bond donors (Lipinski definition) is 1. The van der Waals surface area contributed by atoms with Crippen LogP contribution in [-0.4, -0.2) is 30.6 Å². The summed E-state index contributed by atoms with van der Waals surface area (Å²) in [5, 5.41) is 3.25. The Labute approximate surface area is 140 Å². The second-order valence-corrected chi connectivity index (χ2v) is 5.46. The lowest BCUT2D eigenvalue weighted by Crippen LogP contribution is -2.34. The molecule has 0 aliphatic heterocycles. The number of methoxy groups -OCH3 is 1. The predicted octanol–water partition coefficient (Wildman–Crippen LogP) is 2.87. The molecule has 6 heteroatoms. The van der Waals surface area contributed by atoms with Crippen LogP contribution in [0.1, 0.15) is 12.5 Å². The van der Waals surface area contributed by atoms with E-state index in [2.05, 4.69) is 10.3 Å². The lowest BCUT2D eigenvalue weighted by Gasteiger charge is -2.15. The van der Waals surface area contributed by atoms with Crippen molar-refractivity contribution >= 4 is 17.5 Å². The van der Waals surface area contributed by atoms with Gasteiger partial charge in [0.2, 0.25) is 5.91 Å². The van der Waals surface area contributed by atoms with Crippen LogP contribution in [0.4, 0.5) is 0 Å². The number of nitrogens with one attached hydrogen (secondary N) is 1. The average molecular weight is 335 g/mol. The van der Waals surface area contributed by atoms with Crippen LogP contribution in [0, 0.1) is 0 Å². The zero-order chi connectivity index (χ0) is 16.7. The van der Waals surface area contributed by atoms with Crippen molar-refractivity contribution in [3.05, 3.63) is 53.3 Å². The van der Waals surface area contributed by atoms with Crippen LogP contribution < -0.4 is 14.8 Å². The molecule has 1 aromatic carbocycles. The third kappa shape index (κ3) is 5.79. The first kappa shape index (κ1) is 17.1. The molecule has 1 aromatic heterocycles. The summed E-state index contributed by atoms with van der Waals surface area (Å²) in [6, 6.07) is 10.8. The maximum Gasteiger partial charge on any atom is 0.224 e. The number of nitrogens with zero attached hydrogens (tertiary/aromatic N) is 1. The molecule has 0 spiro atoms. The number of halogens is 1. The molecular formula is C17H19ClN2O3. The second kappa shape index (κ2) is 8.39. The van der Waals surface area contributed by atoms with Crippen molar-refractivity contribution in [2.75, 3.05) is 13.7 Å². The van der Waals surface area contributed by atoms with E-state index in [1.54, 1.807) is 25.4 Å². The molecule has 23 heavy (non-hydrogen) atoms. The Balaban J connectivity index is 1.75. The molecule has 0 bridgehead atoms. The van der Waals surface area contributed by atoms with Gasteiger partial charge < -0.3 is 14.8 Å². The molecule has 2 aromatic rings. The van der Waals surface area contributed by atoms with Crippen LogP contribution in [0.25, 0.3) is 0 Å². The van der Waals surface area contributed by atoms with Gasteiger partial charge in [-0.25, -0.2) is 4.98 Å². The van der Waals surface area contributed by atoms with Crippen molar-refractivity contribution in [2.45, 2.75) is 19.4 Å². The van der Waals surface area contributed by atoms with Gasteiger partial charge in [0, 0.05) is 6.20 Å². The molecule has 0 aliphatic rings. The highest BCUT2D eigenvalue weighted by atomic mass is 35.5. The van der Waals surface area contributed by atoms with Crippen LogP contribution in [-0.2, 0) is 11.2 Å².